The van der Waals surface area contributed by atoms with Gasteiger partial charge >= 0.3 is 7.82 Å². The smallest absolute Gasteiger partial charge is 0.466 e. The van der Waals surface area contributed by atoms with E-state index in [1.165, 1.54) is 5.39 Å². The minimum absolute atomic E-state index is 0.350. The summed E-state index contributed by atoms with van der Waals surface area (Å²) in [4.78, 5) is 25.7. The molecule has 1 aromatic heterocycles. The van der Waals surface area contributed by atoms with Gasteiger partial charge in [0.15, 0.2) is 0 Å². The minimum atomic E-state index is -4.64. The van der Waals surface area contributed by atoms with Crippen LogP contribution in [-0.2, 0) is 4.57 Å². The number of benzene rings is 5. The standard InChI is InChI=1S/2C10H8O.C9H7N.H3O4P/c2*11-10-7-3-5-8-4-1-2-6-9(8)10;1-2-6-9-8(4-1)5-3-7-10-9;1-5(2,3)4/h2*1-7,11H;1-7H;(H3,1,2,3,4). The van der Waals surface area contributed by atoms with Crippen molar-refractivity contribution in [2.75, 3.05) is 0 Å². The molecule has 37 heavy (non-hydrogen) atoms. The van der Waals surface area contributed by atoms with E-state index < -0.39 is 7.82 Å². The molecule has 8 heteroatoms. The Morgan fingerprint density at radius 3 is 1.32 bits per heavy atom. The maximum absolute atomic E-state index is 9.37. The topological polar surface area (TPSA) is 131 Å². The van der Waals surface area contributed by atoms with E-state index in [-0.39, 0.29) is 0 Å². The number of aromatic hydroxyl groups is 2. The van der Waals surface area contributed by atoms with Crippen molar-refractivity contribution in [3.05, 3.63) is 128 Å². The zero-order valence-corrected chi connectivity index (χ0v) is 20.6. The second-order valence-corrected chi connectivity index (χ2v) is 8.73. The van der Waals surface area contributed by atoms with Gasteiger partial charge in [-0.25, -0.2) is 4.57 Å². The molecule has 0 unspecified atom stereocenters. The summed E-state index contributed by atoms with van der Waals surface area (Å²) in [5.41, 5.74) is 1.06. The first-order valence-corrected chi connectivity index (χ1v) is 12.7. The molecule has 0 radical (unpaired) electrons. The van der Waals surface area contributed by atoms with Crippen LogP contribution in [-0.4, -0.2) is 29.9 Å². The van der Waals surface area contributed by atoms with Crippen LogP contribution in [0.25, 0.3) is 32.4 Å². The lowest BCUT2D eigenvalue weighted by Crippen LogP contribution is -1.73. The van der Waals surface area contributed by atoms with Crippen LogP contribution in [0.5, 0.6) is 11.5 Å². The zero-order chi connectivity index (χ0) is 26.7. The lowest BCUT2D eigenvalue weighted by Gasteiger charge is -1.97. The van der Waals surface area contributed by atoms with Crippen LogP contribution in [0, 0.1) is 0 Å². The Hall–Kier alpha value is -4.26. The molecule has 6 rings (SSSR count). The number of para-hydroxylation sites is 1. The highest BCUT2D eigenvalue weighted by atomic mass is 31.2. The molecule has 0 fully saturated rings. The fourth-order valence-electron chi connectivity index (χ4n) is 3.43. The second kappa shape index (κ2) is 13.2. The summed E-state index contributed by atoms with van der Waals surface area (Å²) in [5.74, 6) is 0.700. The van der Waals surface area contributed by atoms with Gasteiger partial charge in [0.2, 0.25) is 0 Å². The molecular weight excluding hydrogens is 489 g/mol. The number of nitrogens with zero attached hydrogens (tertiary/aromatic N) is 1. The largest absolute Gasteiger partial charge is 0.507 e. The first kappa shape index (κ1) is 27.3. The molecule has 0 bridgehead atoms. The Bertz CT molecular complexity index is 1470. The summed E-state index contributed by atoms with van der Waals surface area (Å²) in [5, 5.41) is 23.9. The number of phenolic OH excluding ortho intramolecular Hbond substituents is 2. The molecule has 0 saturated heterocycles. The van der Waals surface area contributed by atoms with E-state index in [2.05, 4.69) is 17.1 Å². The van der Waals surface area contributed by atoms with Gasteiger partial charge in [-0.15, -0.1) is 0 Å². The van der Waals surface area contributed by atoms with E-state index in [4.69, 9.17) is 19.2 Å². The Balaban J connectivity index is 0.000000142. The van der Waals surface area contributed by atoms with Gasteiger partial charge in [-0.1, -0.05) is 97.1 Å². The van der Waals surface area contributed by atoms with Crippen molar-refractivity contribution in [2.24, 2.45) is 0 Å². The van der Waals surface area contributed by atoms with Crippen LogP contribution in [0.4, 0.5) is 0 Å². The predicted molar refractivity (Wildman–Crippen MR) is 147 cm³/mol. The maximum Gasteiger partial charge on any atom is 0.466 e. The van der Waals surface area contributed by atoms with Gasteiger partial charge in [-0.05, 0) is 35.0 Å². The van der Waals surface area contributed by atoms with E-state index in [0.717, 1.165) is 27.1 Å². The number of aromatic nitrogens is 1. The Kier molecular flexibility index (Phi) is 9.72. The van der Waals surface area contributed by atoms with Crippen LogP contribution < -0.4 is 0 Å². The molecule has 188 valence electrons. The molecule has 5 aromatic carbocycles. The van der Waals surface area contributed by atoms with Crippen LogP contribution in [0.15, 0.2) is 128 Å². The molecular formula is C29H26NO6P. The Morgan fingerprint density at radius 1 is 0.486 bits per heavy atom. The van der Waals surface area contributed by atoms with Crippen LogP contribution >= 0.6 is 7.82 Å². The van der Waals surface area contributed by atoms with Crippen molar-refractivity contribution >= 4 is 40.3 Å². The zero-order valence-electron chi connectivity index (χ0n) is 19.7. The third-order valence-corrected chi connectivity index (χ3v) is 5.05. The highest BCUT2D eigenvalue weighted by Crippen LogP contribution is 2.26. The number of phenols is 2. The average molecular weight is 516 g/mol. The fraction of sp³-hybridized carbons (Fsp3) is 0. The van der Waals surface area contributed by atoms with Gasteiger partial charge in [-0.3, -0.25) is 4.98 Å². The monoisotopic (exact) mass is 515 g/mol. The summed E-state index contributed by atoms with van der Waals surface area (Å²) in [6.45, 7) is 0. The van der Waals surface area contributed by atoms with Crippen molar-refractivity contribution in [1.29, 1.82) is 0 Å². The number of hydrogen-bond donors (Lipinski definition) is 5. The van der Waals surface area contributed by atoms with Gasteiger partial charge in [-0.2, -0.15) is 0 Å². The van der Waals surface area contributed by atoms with Crippen molar-refractivity contribution in [3.8, 4) is 11.5 Å². The number of pyridine rings is 1. The van der Waals surface area contributed by atoms with Crippen molar-refractivity contribution < 1.29 is 29.5 Å². The molecule has 5 N–H and O–H groups in total. The molecule has 1 heterocycles. The van der Waals surface area contributed by atoms with Gasteiger partial charge in [0.25, 0.3) is 0 Å². The Labute approximate surface area is 213 Å². The highest BCUT2D eigenvalue weighted by molar-refractivity contribution is 7.45. The summed E-state index contributed by atoms with van der Waals surface area (Å²) < 4.78 is 8.88. The molecule has 0 amide bonds. The normalized spacial score (nSPS) is 10.4. The van der Waals surface area contributed by atoms with Crippen LogP contribution in [0.2, 0.25) is 0 Å². The molecule has 6 aromatic rings. The highest BCUT2D eigenvalue weighted by Gasteiger charge is 2.00. The summed E-state index contributed by atoms with van der Waals surface area (Å²) in [6.07, 6.45) is 1.81. The van der Waals surface area contributed by atoms with Crippen molar-refractivity contribution in [1.82, 2.24) is 4.98 Å². The minimum Gasteiger partial charge on any atom is -0.507 e. The maximum atomic E-state index is 9.37. The van der Waals surface area contributed by atoms with E-state index in [0.29, 0.717) is 11.5 Å². The second-order valence-electron chi connectivity index (χ2n) is 7.71. The molecule has 0 aliphatic heterocycles. The number of hydrogen-bond acceptors (Lipinski definition) is 4. The van der Waals surface area contributed by atoms with E-state index in [1.807, 2.05) is 103 Å². The van der Waals surface area contributed by atoms with Crippen LogP contribution in [0.3, 0.4) is 0 Å². The number of fused-ring (bicyclic) bond motifs is 3. The van der Waals surface area contributed by atoms with E-state index in [1.54, 1.807) is 12.1 Å². The summed E-state index contributed by atoms with van der Waals surface area (Å²) >= 11 is 0. The van der Waals surface area contributed by atoms with Gasteiger partial charge in [0, 0.05) is 22.4 Å². The first-order valence-electron chi connectivity index (χ1n) is 11.1. The number of rotatable bonds is 0. The fourth-order valence-corrected chi connectivity index (χ4v) is 3.43. The summed E-state index contributed by atoms with van der Waals surface area (Å²) in [7, 11) is -4.64. The predicted octanol–water partition coefficient (Wildman–Crippen LogP) is 6.40. The quantitative estimate of drug-likeness (QED) is 0.148. The SMILES string of the molecule is O=P(O)(O)O.Oc1cccc2ccccc12.Oc1cccc2ccccc12.c1ccc2ncccc2c1. The van der Waals surface area contributed by atoms with Crippen molar-refractivity contribution in [2.45, 2.75) is 0 Å². The van der Waals surface area contributed by atoms with Gasteiger partial charge in [0.1, 0.15) is 11.5 Å². The lowest BCUT2D eigenvalue weighted by molar-refractivity contribution is 0.275. The molecule has 0 aliphatic carbocycles. The van der Waals surface area contributed by atoms with Gasteiger partial charge < -0.3 is 24.9 Å². The molecule has 7 nitrogen and oxygen atoms in total. The molecule has 0 saturated carbocycles. The van der Waals surface area contributed by atoms with Crippen molar-refractivity contribution in [3.63, 3.8) is 0 Å². The third kappa shape index (κ3) is 9.04. The molecule has 0 aliphatic rings. The third-order valence-electron chi connectivity index (χ3n) is 5.05. The molecule has 0 spiro atoms. The lowest BCUT2D eigenvalue weighted by atomic mass is 10.1. The van der Waals surface area contributed by atoms with E-state index >= 15 is 0 Å². The molecule has 0 atom stereocenters. The van der Waals surface area contributed by atoms with Crippen LogP contribution in [0.1, 0.15) is 0 Å². The number of phosphoric acid groups is 1. The Morgan fingerprint density at radius 2 is 0.865 bits per heavy atom. The van der Waals surface area contributed by atoms with E-state index in [9.17, 15) is 10.2 Å². The summed E-state index contributed by atoms with van der Waals surface area (Å²) in [6, 6.07) is 38.7. The van der Waals surface area contributed by atoms with Gasteiger partial charge in [0.05, 0.1) is 5.52 Å². The average Bonchev–Trinajstić information content (AvgIpc) is 2.89. The first-order chi connectivity index (χ1) is 17.7.